The second-order valence-electron chi connectivity index (χ2n) is 1.37. The molecule has 0 unspecified atom stereocenters. The van der Waals surface area contributed by atoms with Crippen molar-refractivity contribution < 1.29 is 0 Å². The zero-order valence-electron chi connectivity index (χ0n) is 5.53. The molecule has 6 heteroatoms. The topological polar surface area (TPSA) is 101 Å². The number of aliphatic imine (C=N–C) groups is 1. The van der Waals surface area contributed by atoms with Gasteiger partial charge in [0, 0.05) is 0 Å². The number of rotatable bonds is 2. The van der Waals surface area contributed by atoms with Crippen molar-refractivity contribution in [3.63, 3.8) is 0 Å². The highest BCUT2D eigenvalue weighted by molar-refractivity contribution is 6.31. The molecule has 0 saturated heterocycles. The van der Waals surface area contributed by atoms with E-state index in [0.717, 1.165) is 12.6 Å². The van der Waals surface area contributed by atoms with E-state index in [9.17, 15) is 0 Å². The van der Waals surface area contributed by atoms with E-state index < -0.39 is 0 Å². The maximum atomic E-state index is 8.40. The summed E-state index contributed by atoms with van der Waals surface area (Å²) in [6.45, 7) is 0. The number of nitriles is 1. The first kappa shape index (κ1) is 9.46. The average molecular weight is 172 g/mol. The molecular formula is C5H6ClN5. The number of halogens is 1. The molecule has 0 atom stereocenters. The van der Waals surface area contributed by atoms with Gasteiger partial charge in [-0.2, -0.15) is 10.4 Å². The van der Waals surface area contributed by atoms with Crippen LogP contribution in [0.1, 0.15) is 0 Å². The quantitative estimate of drug-likeness (QED) is 0.151. The van der Waals surface area contributed by atoms with Gasteiger partial charge in [-0.1, -0.05) is 11.6 Å². The molecule has 0 aliphatic rings. The maximum Gasteiger partial charge on any atom is 0.150 e. The Bertz CT molecular complexity index is 246. The average Bonchev–Trinajstić information content (AvgIpc) is 2.00. The molecule has 0 heterocycles. The fourth-order valence-electron chi connectivity index (χ4n) is 0.338. The van der Waals surface area contributed by atoms with Gasteiger partial charge in [-0.05, 0) is 0 Å². The SMILES string of the molecule is N#CC(C=NN)=C(Cl)N=CN. The highest BCUT2D eigenvalue weighted by Gasteiger charge is 1.97. The number of allylic oxidation sites excluding steroid dienone is 1. The molecule has 0 spiro atoms. The summed E-state index contributed by atoms with van der Waals surface area (Å²) in [7, 11) is 0. The van der Waals surface area contributed by atoms with Crippen molar-refractivity contribution in [3.8, 4) is 6.07 Å². The number of nitrogens with two attached hydrogens (primary N) is 2. The molecule has 0 bridgehead atoms. The lowest BCUT2D eigenvalue weighted by Gasteiger charge is -1.87. The maximum absolute atomic E-state index is 8.40. The molecule has 4 N–H and O–H groups in total. The van der Waals surface area contributed by atoms with Crippen molar-refractivity contribution >= 4 is 24.2 Å². The largest absolute Gasteiger partial charge is 0.390 e. The van der Waals surface area contributed by atoms with Crippen molar-refractivity contribution in [2.45, 2.75) is 0 Å². The third kappa shape index (κ3) is 3.23. The lowest BCUT2D eigenvalue weighted by Crippen LogP contribution is -1.92. The van der Waals surface area contributed by atoms with Crippen LogP contribution in [0.5, 0.6) is 0 Å². The van der Waals surface area contributed by atoms with E-state index in [1.807, 2.05) is 0 Å². The summed E-state index contributed by atoms with van der Waals surface area (Å²) >= 11 is 5.46. The lowest BCUT2D eigenvalue weighted by molar-refractivity contribution is 1.26. The van der Waals surface area contributed by atoms with Crippen LogP contribution in [0.15, 0.2) is 20.8 Å². The number of hydrogen-bond donors (Lipinski definition) is 2. The van der Waals surface area contributed by atoms with E-state index in [-0.39, 0.29) is 10.7 Å². The van der Waals surface area contributed by atoms with E-state index >= 15 is 0 Å². The van der Waals surface area contributed by atoms with Crippen LogP contribution in [0.25, 0.3) is 0 Å². The predicted molar refractivity (Wildman–Crippen MR) is 43.9 cm³/mol. The minimum Gasteiger partial charge on any atom is -0.390 e. The molecule has 0 amide bonds. The van der Waals surface area contributed by atoms with Gasteiger partial charge in [-0.15, -0.1) is 0 Å². The van der Waals surface area contributed by atoms with Crippen LogP contribution < -0.4 is 11.6 Å². The van der Waals surface area contributed by atoms with Gasteiger partial charge < -0.3 is 11.6 Å². The lowest BCUT2D eigenvalue weighted by atomic mass is 10.3. The fourth-order valence-corrected chi connectivity index (χ4v) is 0.485. The summed E-state index contributed by atoms with van der Waals surface area (Å²) in [6.07, 6.45) is 2.07. The van der Waals surface area contributed by atoms with Crippen LogP contribution in [0.3, 0.4) is 0 Å². The van der Waals surface area contributed by atoms with E-state index in [1.165, 1.54) is 0 Å². The van der Waals surface area contributed by atoms with E-state index in [2.05, 4.69) is 10.1 Å². The van der Waals surface area contributed by atoms with Gasteiger partial charge >= 0.3 is 0 Å². The summed E-state index contributed by atoms with van der Waals surface area (Å²) in [5, 5.41) is 11.5. The Morgan fingerprint density at radius 3 is 2.64 bits per heavy atom. The highest BCUT2D eigenvalue weighted by Crippen LogP contribution is 2.07. The molecule has 0 aliphatic carbocycles. The zero-order chi connectivity index (χ0) is 8.69. The standard InChI is InChI=1S/C5H6ClN5/c6-5(10-3-8)4(1-7)2-11-9/h2-3H,9H2,(H2,8,10). The fraction of sp³-hybridized carbons (Fsp3) is 0. The molecule has 0 aromatic carbocycles. The van der Waals surface area contributed by atoms with E-state index in [1.54, 1.807) is 6.07 Å². The van der Waals surface area contributed by atoms with E-state index in [0.29, 0.717) is 0 Å². The first-order chi connectivity index (χ1) is 5.26. The zero-order valence-corrected chi connectivity index (χ0v) is 6.28. The molecule has 0 saturated carbocycles. The summed E-state index contributed by atoms with van der Waals surface area (Å²) < 4.78 is 0. The smallest absolute Gasteiger partial charge is 0.150 e. The van der Waals surface area contributed by atoms with Gasteiger partial charge in [-0.25, -0.2) is 4.99 Å². The highest BCUT2D eigenvalue weighted by atomic mass is 35.5. The third-order valence-electron chi connectivity index (χ3n) is 0.734. The van der Waals surface area contributed by atoms with Gasteiger partial charge in [0.2, 0.25) is 0 Å². The van der Waals surface area contributed by atoms with Gasteiger partial charge in [0.15, 0.2) is 0 Å². The van der Waals surface area contributed by atoms with Crippen LogP contribution in [-0.2, 0) is 0 Å². The van der Waals surface area contributed by atoms with Gasteiger partial charge in [0.25, 0.3) is 0 Å². The van der Waals surface area contributed by atoms with Gasteiger partial charge in [-0.3, -0.25) is 0 Å². The molecule has 5 nitrogen and oxygen atoms in total. The Labute approximate surface area is 68.6 Å². The summed E-state index contributed by atoms with van der Waals surface area (Å²) in [5.41, 5.74) is 4.99. The third-order valence-corrected chi connectivity index (χ3v) is 1.04. The van der Waals surface area contributed by atoms with Crippen molar-refractivity contribution in [1.29, 1.82) is 5.26 Å². The normalized spacial score (nSPS) is 13.5. The van der Waals surface area contributed by atoms with Gasteiger partial charge in [0.1, 0.15) is 16.8 Å². The molecule has 0 aromatic rings. The molecule has 0 rings (SSSR count). The van der Waals surface area contributed by atoms with Crippen molar-refractivity contribution in [2.24, 2.45) is 21.7 Å². The predicted octanol–water partition coefficient (Wildman–Crippen LogP) is -0.108. The molecule has 58 valence electrons. The monoisotopic (exact) mass is 171 g/mol. The summed E-state index contributed by atoms with van der Waals surface area (Å²) in [6, 6.07) is 1.74. The van der Waals surface area contributed by atoms with Crippen LogP contribution in [0.4, 0.5) is 0 Å². The number of nitrogens with zero attached hydrogens (tertiary/aromatic N) is 3. The van der Waals surface area contributed by atoms with Gasteiger partial charge in [0.05, 0.1) is 12.6 Å². The molecule has 0 aromatic heterocycles. The Morgan fingerprint density at radius 1 is 1.64 bits per heavy atom. The van der Waals surface area contributed by atoms with Crippen molar-refractivity contribution in [1.82, 2.24) is 0 Å². The first-order valence-corrected chi connectivity index (χ1v) is 2.91. The van der Waals surface area contributed by atoms with Crippen LogP contribution in [0.2, 0.25) is 0 Å². The molecule has 11 heavy (non-hydrogen) atoms. The minimum absolute atomic E-state index is 0.0378. The number of hydrogen-bond acceptors (Lipinski definition) is 4. The molecule has 0 radical (unpaired) electrons. The Kier molecular flexibility index (Phi) is 4.52. The number of hydrazone groups is 1. The Hall–Kier alpha value is -1.54. The molecule has 0 aliphatic heterocycles. The Morgan fingerprint density at radius 2 is 2.27 bits per heavy atom. The van der Waals surface area contributed by atoms with Crippen LogP contribution in [-0.4, -0.2) is 12.6 Å². The Balaban J connectivity index is 4.71. The van der Waals surface area contributed by atoms with E-state index in [4.69, 9.17) is 28.4 Å². The second-order valence-corrected chi connectivity index (χ2v) is 1.73. The van der Waals surface area contributed by atoms with Crippen molar-refractivity contribution in [3.05, 3.63) is 10.7 Å². The summed E-state index contributed by atoms with van der Waals surface area (Å²) in [5.74, 6) is 4.78. The van der Waals surface area contributed by atoms with Crippen molar-refractivity contribution in [2.75, 3.05) is 0 Å². The van der Waals surface area contributed by atoms with Crippen LogP contribution in [0, 0.1) is 11.3 Å². The summed E-state index contributed by atoms with van der Waals surface area (Å²) in [4.78, 5) is 3.44. The van der Waals surface area contributed by atoms with Crippen LogP contribution >= 0.6 is 11.6 Å². The first-order valence-electron chi connectivity index (χ1n) is 2.53. The molecule has 0 fully saturated rings. The minimum atomic E-state index is -0.0378. The second kappa shape index (κ2) is 5.26. The molecular weight excluding hydrogens is 166 g/mol.